The first-order chi connectivity index (χ1) is 8.69. The molecule has 1 atom stereocenters. The Kier molecular flexibility index (Phi) is 3.39. The van der Waals surface area contributed by atoms with Crippen LogP contribution in [0.4, 0.5) is 11.5 Å². The zero-order chi connectivity index (χ0) is 13.1. The Morgan fingerprint density at radius 3 is 3.11 bits per heavy atom. The second-order valence-corrected chi connectivity index (χ2v) is 4.12. The van der Waals surface area contributed by atoms with E-state index in [-0.39, 0.29) is 23.1 Å². The van der Waals surface area contributed by atoms with Crippen molar-refractivity contribution in [3.63, 3.8) is 0 Å². The minimum Gasteiger partial charge on any atom is -0.347 e. The first-order valence-corrected chi connectivity index (χ1v) is 5.69. The normalized spacial score (nSPS) is 18.7. The lowest BCUT2D eigenvalue weighted by Gasteiger charge is -2.24. The first kappa shape index (κ1) is 12.3. The third-order valence-corrected chi connectivity index (χ3v) is 3.13. The van der Waals surface area contributed by atoms with Crippen molar-refractivity contribution in [1.82, 2.24) is 4.98 Å². The molecule has 1 aromatic rings. The highest BCUT2D eigenvalue weighted by molar-refractivity contribution is 5.66. The van der Waals surface area contributed by atoms with Crippen LogP contribution >= 0.6 is 0 Å². The predicted molar refractivity (Wildman–Crippen MR) is 65.0 cm³/mol. The van der Waals surface area contributed by atoms with Crippen LogP contribution in [0, 0.1) is 21.4 Å². The van der Waals surface area contributed by atoms with E-state index >= 15 is 0 Å². The Morgan fingerprint density at radius 2 is 2.50 bits per heavy atom. The molecular weight excluding hydrogens is 234 g/mol. The average Bonchev–Trinajstić information content (AvgIpc) is 2.85. The van der Waals surface area contributed by atoms with Crippen LogP contribution in [0.3, 0.4) is 0 Å². The van der Waals surface area contributed by atoms with Gasteiger partial charge in [-0.1, -0.05) is 0 Å². The molecule has 94 valence electrons. The molecule has 0 bridgehead atoms. The van der Waals surface area contributed by atoms with Crippen molar-refractivity contribution in [2.75, 3.05) is 18.0 Å². The lowest BCUT2D eigenvalue weighted by Crippen LogP contribution is -2.36. The number of nitrogens with zero attached hydrogens (tertiary/aromatic N) is 4. The minimum absolute atomic E-state index is 0.0349. The maximum Gasteiger partial charge on any atom is 0.329 e. The second kappa shape index (κ2) is 4.98. The van der Waals surface area contributed by atoms with E-state index in [0.29, 0.717) is 13.1 Å². The summed E-state index contributed by atoms with van der Waals surface area (Å²) >= 11 is 0. The summed E-state index contributed by atoms with van der Waals surface area (Å²) in [7, 11) is 0. The average molecular weight is 247 g/mol. The second-order valence-electron chi connectivity index (χ2n) is 4.12. The molecular formula is C11H13N5O2. The molecule has 7 nitrogen and oxygen atoms in total. The number of nitro groups is 1. The van der Waals surface area contributed by atoms with Crippen LogP contribution in [-0.2, 0) is 0 Å². The van der Waals surface area contributed by atoms with Crippen LogP contribution in [0.2, 0.25) is 0 Å². The molecule has 0 aromatic carbocycles. The van der Waals surface area contributed by atoms with Gasteiger partial charge in [0.2, 0.25) is 5.82 Å². The predicted octanol–water partition coefficient (Wildman–Crippen LogP) is 0.789. The highest BCUT2D eigenvalue weighted by atomic mass is 16.6. The molecule has 0 radical (unpaired) electrons. The van der Waals surface area contributed by atoms with Crippen LogP contribution in [0.5, 0.6) is 0 Å². The van der Waals surface area contributed by atoms with Crippen molar-refractivity contribution in [2.45, 2.75) is 18.9 Å². The molecule has 7 heteroatoms. The molecule has 2 rings (SSSR count). The van der Waals surface area contributed by atoms with Crippen molar-refractivity contribution >= 4 is 11.5 Å². The van der Waals surface area contributed by atoms with E-state index in [1.165, 1.54) is 12.3 Å². The number of hydrogen-bond acceptors (Lipinski definition) is 6. The zero-order valence-electron chi connectivity index (χ0n) is 9.74. The summed E-state index contributed by atoms with van der Waals surface area (Å²) in [5.41, 5.74) is 5.47. The molecule has 0 saturated carbocycles. The Hall–Kier alpha value is -2.20. The van der Waals surface area contributed by atoms with Crippen molar-refractivity contribution in [3.05, 3.63) is 27.9 Å². The quantitative estimate of drug-likeness (QED) is 0.624. The molecule has 1 aliphatic heterocycles. The Labute approximate surface area is 104 Å². The molecule has 1 saturated heterocycles. The molecule has 1 fully saturated rings. The molecule has 1 aromatic heterocycles. The van der Waals surface area contributed by atoms with Gasteiger partial charge in [0.1, 0.15) is 11.6 Å². The molecule has 1 aliphatic rings. The maximum absolute atomic E-state index is 11.1. The van der Waals surface area contributed by atoms with Gasteiger partial charge in [0.15, 0.2) is 0 Å². The van der Waals surface area contributed by atoms with E-state index in [9.17, 15) is 10.1 Å². The van der Waals surface area contributed by atoms with Gasteiger partial charge in [-0.05, 0) is 18.9 Å². The molecule has 0 aliphatic carbocycles. The van der Waals surface area contributed by atoms with E-state index in [4.69, 9.17) is 11.0 Å². The van der Waals surface area contributed by atoms with Crippen LogP contribution in [-0.4, -0.2) is 29.0 Å². The Balaban J connectivity index is 2.51. The summed E-state index contributed by atoms with van der Waals surface area (Å²) < 4.78 is 0. The van der Waals surface area contributed by atoms with E-state index < -0.39 is 4.92 Å². The summed E-state index contributed by atoms with van der Waals surface area (Å²) in [5.74, 6) is 0.256. The van der Waals surface area contributed by atoms with Gasteiger partial charge in [-0.25, -0.2) is 4.98 Å². The SMILES string of the molecule is N#Cc1ccnc(N2CCCC2CN)c1[N+](=O)[O-]. The fourth-order valence-electron chi connectivity index (χ4n) is 2.28. The van der Waals surface area contributed by atoms with Gasteiger partial charge in [-0.15, -0.1) is 0 Å². The van der Waals surface area contributed by atoms with E-state index in [1.54, 1.807) is 0 Å². The number of aromatic nitrogens is 1. The van der Waals surface area contributed by atoms with Gasteiger partial charge < -0.3 is 10.6 Å². The highest BCUT2D eigenvalue weighted by Gasteiger charge is 2.32. The van der Waals surface area contributed by atoms with E-state index in [1.807, 2.05) is 11.0 Å². The van der Waals surface area contributed by atoms with E-state index in [2.05, 4.69) is 4.98 Å². The number of pyridine rings is 1. The number of anilines is 1. The number of rotatable bonds is 3. The van der Waals surface area contributed by atoms with Crippen LogP contribution in [0.25, 0.3) is 0 Å². The smallest absolute Gasteiger partial charge is 0.329 e. The standard InChI is InChI=1S/C11H13N5O2/c12-6-8-3-4-14-11(10(8)16(17)18)15-5-1-2-9(15)7-13/h3-4,9H,1-2,5,7,13H2. The highest BCUT2D eigenvalue weighted by Crippen LogP contribution is 2.33. The Morgan fingerprint density at radius 1 is 1.72 bits per heavy atom. The van der Waals surface area contributed by atoms with Gasteiger partial charge in [0.25, 0.3) is 0 Å². The zero-order valence-corrected chi connectivity index (χ0v) is 9.74. The van der Waals surface area contributed by atoms with Crippen molar-refractivity contribution in [1.29, 1.82) is 5.26 Å². The Bertz CT molecular complexity index is 511. The third-order valence-electron chi connectivity index (χ3n) is 3.13. The molecule has 2 heterocycles. The van der Waals surface area contributed by atoms with E-state index in [0.717, 1.165) is 12.8 Å². The van der Waals surface area contributed by atoms with Crippen LogP contribution in [0.1, 0.15) is 18.4 Å². The van der Waals surface area contributed by atoms with Crippen molar-refractivity contribution in [2.24, 2.45) is 5.73 Å². The number of nitrogens with two attached hydrogens (primary N) is 1. The summed E-state index contributed by atoms with van der Waals surface area (Å²) in [6.45, 7) is 1.11. The largest absolute Gasteiger partial charge is 0.347 e. The van der Waals surface area contributed by atoms with Gasteiger partial charge in [-0.3, -0.25) is 10.1 Å². The lowest BCUT2D eigenvalue weighted by atomic mass is 10.2. The van der Waals surface area contributed by atoms with Crippen LogP contribution in [0.15, 0.2) is 12.3 Å². The first-order valence-electron chi connectivity index (χ1n) is 5.69. The van der Waals surface area contributed by atoms with Gasteiger partial charge >= 0.3 is 5.69 Å². The van der Waals surface area contributed by atoms with Gasteiger partial charge in [-0.2, -0.15) is 5.26 Å². The lowest BCUT2D eigenvalue weighted by molar-refractivity contribution is -0.384. The fraction of sp³-hybridized carbons (Fsp3) is 0.455. The molecule has 2 N–H and O–H groups in total. The minimum atomic E-state index is -0.549. The monoisotopic (exact) mass is 247 g/mol. The number of hydrogen-bond donors (Lipinski definition) is 1. The fourth-order valence-corrected chi connectivity index (χ4v) is 2.28. The van der Waals surface area contributed by atoms with Crippen molar-refractivity contribution in [3.8, 4) is 6.07 Å². The third kappa shape index (κ3) is 1.98. The topological polar surface area (TPSA) is 109 Å². The molecule has 1 unspecified atom stereocenters. The summed E-state index contributed by atoms with van der Waals surface area (Å²) in [6.07, 6.45) is 3.25. The van der Waals surface area contributed by atoms with Crippen LogP contribution < -0.4 is 10.6 Å². The van der Waals surface area contributed by atoms with Gasteiger partial charge in [0, 0.05) is 25.3 Å². The molecule has 0 spiro atoms. The molecule has 18 heavy (non-hydrogen) atoms. The number of nitriles is 1. The summed E-state index contributed by atoms with van der Waals surface area (Å²) in [5, 5.41) is 20.0. The van der Waals surface area contributed by atoms with Gasteiger partial charge in [0.05, 0.1) is 4.92 Å². The maximum atomic E-state index is 11.1. The summed E-state index contributed by atoms with van der Waals surface area (Å²) in [4.78, 5) is 16.5. The van der Waals surface area contributed by atoms with Crippen molar-refractivity contribution < 1.29 is 4.92 Å². The molecule has 0 amide bonds. The summed E-state index contributed by atoms with van der Waals surface area (Å²) in [6, 6.07) is 3.25.